The molecule has 0 radical (unpaired) electrons. The van der Waals surface area contributed by atoms with Gasteiger partial charge in [0.25, 0.3) is 0 Å². The molecule has 0 aliphatic carbocycles. The zero-order chi connectivity index (χ0) is 20.0. The van der Waals surface area contributed by atoms with Crippen molar-refractivity contribution < 1.29 is 21.6 Å². The molecular weight excluding hydrogens is 383 g/mol. The maximum Gasteiger partial charge on any atom is 0.417 e. The number of benzene rings is 2. The van der Waals surface area contributed by atoms with Crippen molar-refractivity contribution in [1.82, 2.24) is 14.8 Å². The number of halogens is 3. The fraction of sp³-hybridized carbons (Fsp3) is 0.125. The molecule has 11 heteroatoms. The topological polar surface area (TPSA) is 117 Å². The molecule has 142 valence electrons. The van der Waals surface area contributed by atoms with Crippen molar-refractivity contribution in [2.45, 2.75) is 11.1 Å². The second-order valence-electron chi connectivity index (χ2n) is 5.76. The van der Waals surface area contributed by atoms with E-state index >= 15 is 0 Å². The van der Waals surface area contributed by atoms with E-state index in [-0.39, 0.29) is 33.6 Å². The lowest BCUT2D eigenvalue weighted by atomic mass is 9.98. The van der Waals surface area contributed by atoms with E-state index in [4.69, 9.17) is 11.5 Å². The minimum absolute atomic E-state index is 0.0160. The first-order valence-corrected chi connectivity index (χ1v) is 9.36. The second kappa shape index (κ2) is 6.27. The fourth-order valence-electron chi connectivity index (χ4n) is 2.56. The van der Waals surface area contributed by atoms with Crippen LogP contribution in [-0.2, 0) is 16.0 Å². The number of rotatable bonds is 3. The van der Waals surface area contributed by atoms with Crippen LogP contribution in [0.2, 0.25) is 0 Å². The molecule has 0 atom stereocenters. The molecule has 0 amide bonds. The van der Waals surface area contributed by atoms with Gasteiger partial charge in [0.05, 0.1) is 16.1 Å². The van der Waals surface area contributed by atoms with Crippen LogP contribution < -0.4 is 11.5 Å². The number of hydrogen-bond donors (Lipinski definition) is 2. The molecule has 0 saturated carbocycles. The van der Waals surface area contributed by atoms with Gasteiger partial charge in [-0.3, -0.25) is 0 Å². The van der Waals surface area contributed by atoms with E-state index in [1.54, 1.807) is 0 Å². The first-order valence-electron chi connectivity index (χ1n) is 7.47. The third kappa shape index (κ3) is 3.72. The van der Waals surface area contributed by atoms with E-state index in [0.717, 1.165) is 17.0 Å². The van der Waals surface area contributed by atoms with Crippen molar-refractivity contribution in [3.05, 3.63) is 48.0 Å². The van der Waals surface area contributed by atoms with Crippen molar-refractivity contribution in [1.29, 1.82) is 0 Å². The predicted molar refractivity (Wildman–Crippen MR) is 93.7 cm³/mol. The van der Waals surface area contributed by atoms with Crippen molar-refractivity contribution in [2.75, 3.05) is 17.7 Å². The first kappa shape index (κ1) is 18.7. The molecule has 0 saturated heterocycles. The summed E-state index contributed by atoms with van der Waals surface area (Å²) in [4.78, 5) is 3.68. The Hall–Kier alpha value is -3.08. The number of sulfone groups is 1. The molecule has 0 aliphatic heterocycles. The van der Waals surface area contributed by atoms with Gasteiger partial charge in [0.1, 0.15) is 0 Å². The Kier molecular flexibility index (Phi) is 4.34. The summed E-state index contributed by atoms with van der Waals surface area (Å²) < 4.78 is 64.9. The highest BCUT2D eigenvalue weighted by Gasteiger charge is 2.34. The van der Waals surface area contributed by atoms with Crippen LogP contribution in [0.25, 0.3) is 16.8 Å². The standard InChI is InChI=1S/C16H14F3N5O2S/c1-27(25,26)11-5-2-9(3-6-11)12-7-4-10(8-13(12)16(17,18)19)24-15(21)22-14(20)23-24/h2-8H,1H3,(H4,20,21,22,23). The monoisotopic (exact) mass is 397 g/mol. The lowest BCUT2D eigenvalue weighted by molar-refractivity contribution is -0.137. The lowest BCUT2D eigenvalue weighted by Crippen LogP contribution is -2.10. The minimum atomic E-state index is -4.66. The highest BCUT2D eigenvalue weighted by Crippen LogP contribution is 2.38. The van der Waals surface area contributed by atoms with E-state index in [2.05, 4.69) is 10.1 Å². The van der Waals surface area contributed by atoms with Crippen molar-refractivity contribution in [2.24, 2.45) is 0 Å². The smallest absolute Gasteiger partial charge is 0.368 e. The summed E-state index contributed by atoms with van der Waals surface area (Å²) in [6, 6.07) is 8.68. The average Bonchev–Trinajstić information content (AvgIpc) is 2.91. The summed E-state index contributed by atoms with van der Waals surface area (Å²) in [5.74, 6) is -0.313. The van der Waals surface area contributed by atoms with Gasteiger partial charge in [-0.2, -0.15) is 22.8 Å². The van der Waals surface area contributed by atoms with Crippen molar-refractivity contribution in [3.8, 4) is 16.8 Å². The molecule has 3 rings (SSSR count). The molecule has 0 fully saturated rings. The summed E-state index contributed by atoms with van der Waals surface area (Å²) in [7, 11) is -3.45. The van der Waals surface area contributed by atoms with E-state index < -0.39 is 21.6 Å². The molecule has 1 heterocycles. The quantitative estimate of drug-likeness (QED) is 0.701. The van der Waals surface area contributed by atoms with Gasteiger partial charge >= 0.3 is 6.18 Å². The van der Waals surface area contributed by atoms with E-state index in [9.17, 15) is 21.6 Å². The van der Waals surface area contributed by atoms with Crippen LogP contribution in [0.5, 0.6) is 0 Å². The molecule has 27 heavy (non-hydrogen) atoms. The van der Waals surface area contributed by atoms with Crippen LogP contribution in [0.4, 0.5) is 25.1 Å². The largest absolute Gasteiger partial charge is 0.417 e. The Bertz CT molecular complexity index is 1110. The number of nitrogens with zero attached hydrogens (tertiary/aromatic N) is 3. The number of anilines is 2. The van der Waals surface area contributed by atoms with E-state index in [1.807, 2.05) is 0 Å². The summed E-state index contributed by atoms with van der Waals surface area (Å²) in [6.07, 6.45) is -3.64. The Morgan fingerprint density at radius 3 is 2.15 bits per heavy atom. The SMILES string of the molecule is CS(=O)(=O)c1ccc(-c2ccc(-n3nc(N)nc3N)cc2C(F)(F)F)cc1. The molecule has 3 aromatic rings. The Morgan fingerprint density at radius 2 is 1.67 bits per heavy atom. The van der Waals surface area contributed by atoms with Gasteiger partial charge < -0.3 is 11.5 Å². The number of aromatic nitrogens is 3. The van der Waals surface area contributed by atoms with E-state index in [0.29, 0.717) is 0 Å². The second-order valence-corrected chi connectivity index (χ2v) is 7.78. The van der Waals surface area contributed by atoms with Gasteiger partial charge in [0, 0.05) is 6.26 Å². The Balaban J connectivity index is 2.15. The number of hydrogen-bond acceptors (Lipinski definition) is 6. The Labute approximate surface area is 152 Å². The molecule has 0 unspecified atom stereocenters. The van der Waals surface area contributed by atoms with Crippen molar-refractivity contribution in [3.63, 3.8) is 0 Å². The number of alkyl halides is 3. The molecule has 2 aromatic carbocycles. The Morgan fingerprint density at radius 1 is 1.04 bits per heavy atom. The summed E-state index contributed by atoms with van der Waals surface area (Å²) in [5, 5.41) is 3.77. The average molecular weight is 397 g/mol. The highest BCUT2D eigenvalue weighted by atomic mass is 32.2. The van der Waals surface area contributed by atoms with Gasteiger partial charge in [0.15, 0.2) is 9.84 Å². The third-order valence-electron chi connectivity index (χ3n) is 3.80. The zero-order valence-corrected chi connectivity index (χ0v) is 14.7. The van der Waals surface area contributed by atoms with Crippen LogP contribution in [-0.4, -0.2) is 29.4 Å². The maximum absolute atomic E-state index is 13.6. The molecule has 0 aliphatic rings. The normalized spacial score (nSPS) is 12.3. The zero-order valence-electron chi connectivity index (χ0n) is 13.9. The maximum atomic E-state index is 13.6. The van der Waals surface area contributed by atoms with Gasteiger partial charge in [-0.05, 0) is 35.4 Å². The van der Waals surface area contributed by atoms with Crippen LogP contribution in [0.1, 0.15) is 5.56 Å². The number of nitrogens with two attached hydrogens (primary N) is 2. The van der Waals surface area contributed by atoms with Crippen molar-refractivity contribution >= 4 is 21.7 Å². The lowest BCUT2D eigenvalue weighted by Gasteiger charge is -2.15. The number of nitrogen functional groups attached to an aromatic ring is 2. The highest BCUT2D eigenvalue weighted by molar-refractivity contribution is 7.90. The van der Waals surface area contributed by atoms with Gasteiger partial charge in [-0.15, -0.1) is 5.10 Å². The van der Waals surface area contributed by atoms with Gasteiger partial charge in [0.2, 0.25) is 11.9 Å². The summed E-state index contributed by atoms with van der Waals surface area (Å²) in [5.41, 5.74) is 10.2. The summed E-state index contributed by atoms with van der Waals surface area (Å²) >= 11 is 0. The molecular formula is C16H14F3N5O2S. The minimum Gasteiger partial charge on any atom is -0.368 e. The third-order valence-corrected chi connectivity index (χ3v) is 4.92. The molecule has 4 N–H and O–H groups in total. The first-order chi connectivity index (χ1) is 12.5. The van der Waals surface area contributed by atoms with Crippen LogP contribution in [0.15, 0.2) is 47.4 Å². The predicted octanol–water partition coefficient (Wildman–Crippen LogP) is 2.52. The molecule has 1 aromatic heterocycles. The summed E-state index contributed by atoms with van der Waals surface area (Å²) in [6.45, 7) is 0. The fourth-order valence-corrected chi connectivity index (χ4v) is 3.19. The van der Waals surface area contributed by atoms with Gasteiger partial charge in [-0.25, -0.2) is 8.42 Å². The molecule has 7 nitrogen and oxygen atoms in total. The van der Waals surface area contributed by atoms with Crippen LogP contribution in [0, 0.1) is 0 Å². The van der Waals surface area contributed by atoms with Crippen LogP contribution in [0.3, 0.4) is 0 Å². The van der Waals surface area contributed by atoms with Crippen LogP contribution >= 0.6 is 0 Å². The van der Waals surface area contributed by atoms with Gasteiger partial charge in [-0.1, -0.05) is 18.2 Å². The molecule has 0 spiro atoms. The molecule has 0 bridgehead atoms. The van der Waals surface area contributed by atoms with E-state index in [1.165, 1.54) is 36.4 Å².